The van der Waals surface area contributed by atoms with Crippen LogP contribution in [0.4, 0.5) is 0 Å². The second-order valence-corrected chi connectivity index (χ2v) is 6.59. The van der Waals surface area contributed by atoms with E-state index in [1.807, 2.05) is 18.3 Å². The van der Waals surface area contributed by atoms with E-state index in [-0.39, 0.29) is 0 Å². The summed E-state index contributed by atoms with van der Waals surface area (Å²) in [5, 5.41) is 15.7. The smallest absolute Gasteiger partial charge is 0.117 e. The van der Waals surface area contributed by atoms with E-state index in [0.717, 1.165) is 56.9 Å². The van der Waals surface area contributed by atoms with E-state index in [4.69, 9.17) is 0 Å². The number of benzene rings is 1. The van der Waals surface area contributed by atoms with Crippen molar-refractivity contribution in [3.63, 3.8) is 0 Å². The zero-order valence-electron chi connectivity index (χ0n) is 14.1. The largest absolute Gasteiger partial charge is 0.508 e. The number of aromatic hydroxyl groups is 1. The number of phenolic OH excluding ortho intramolecular Hbond substituents is 1. The zero-order chi connectivity index (χ0) is 16.5. The average molecular weight is 324 g/mol. The third-order valence-electron chi connectivity index (χ3n) is 5.01. The van der Waals surface area contributed by atoms with Gasteiger partial charge in [-0.05, 0) is 38.1 Å². The van der Waals surface area contributed by atoms with Gasteiger partial charge < -0.3 is 19.9 Å². The Hall–Kier alpha value is -2.11. The van der Waals surface area contributed by atoms with Gasteiger partial charge in [-0.25, -0.2) is 0 Å². The molecule has 24 heavy (non-hydrogen) atoms. The monoisotopic (exact) mass is 324 g/mol. The Kier molecular flexibility index (Phi) is 4.12. The first-order valence-electron chi connectivity index (χ1n) is 8.73. The third kappa shape index (κ3) is 2.74. The third-order valence-corrected chi connectivity index (χ3v) is 5.01. The first-order valence-corrected chi connectivity index (χ1v) is 8.73. The molecule has 0 bridgehead atoms. The maximum atomic E-state index is 9.93. The summed E-state index contributed by atoms with van der Waals surface area (Å²) in [5.41, 5.74) is 3.34. The van der Waals surface area contributed by atoms with Gasteiger partial charge in [-0.15, -0.1) is 0 Å². The fourth-order valence-electron chi connectivity index (χ4n) is 3.83. The molecule has 1 fully saturated rings. The Morgan fingerprint density at radius 3 is 2.79 bits per heavy atom. The number of hydrogen-bond acceptors (Lipinski definition) is 4. The lowest BCUT2D eigenvalue weighted by atomic mass is 10.1. The van der Waals surface area contributed by atoms with E-state index in [1.54, 1.807) is 6.07 Å². The van der Waals surface area contributed by atoms with Crippen LogP contribution in [0.15, 0.2) is 30.5 Å². The number of nitrogens with one attached hydrogen (secondary N) is 1. The van der Waals surface area contributed by atoms with Crippen LogP contribution in [0.1, 0.15) is 12.1 Å². The lowest BCUT2D eigenvalue weighted by Gasteiger charge is -2.27. The summed E-state index contributed by atoms with van der Waals surface area (Å²) in [6, 6.07) is 7.73. The number of nitrogens with zero attached hydrogens (tertiary/aromatic N) is 3. The molecule has 0 saturated carbocycles. The maximum absolute atomic E-state index is 9.93. The summed E-state index contributed by atoms with van der Waals surface area (Å²) in [6.07, 6.45) is 2.97. The van der Waals surface area contributed by atoms with Crippen molar-refractivity contribution in [3.05, 3.63) is 36.2 Å². The van der Waals surface area contributed by atoms with E-state index in [9.17, 15) is 5.11 Å². The van der Waals surface area contributed by atoms with Crippen LogP contribution in [-0.2, 0) is 6.54 Å². The Morgan fingerprint density at radius 2 is 1.96 bits per heavy atom. The molecule has 4 rings (SSSR count). The number of aromatic nitrogens is 2. The highest BCUT2D eigenvalue weighted by molar-refractivity contribution is 6.08. The van der Waals surface area contributed by atoms with Crippen LogP contribution in [0.5, 0.6) is 5.75 Å². The van der Waals surface area contributed by atoms with E-state index in [0.29, 0.717) is 5.75 Å². The topological polar surface area (TPSA) is 53.3 Å². The van der Waals surface area contributed by atoms with Crippen molar-refractivity contribution in [2.45, 2.75) is 19.9 Å². The normalized spacial score (nSPS) is 16.2. The van der Waals surface area contributed by atoms with Crippen LogP contribution in [0, 0.1) is 6.92 Å². The fourth-order valence-corrected chi connectivity index (χ4v) is 3.83. The molecule has 126 valence electrons. The van der Waals surface area contributed by atoms with Gasteiger partial charge in [0.15, 0.2) is 0 Å². The van der Waals surface area contributed by atoms with Crippen LogP contribution < -0.4 is 5.32 Å². The summed E-state index contributed by atoms with van der Waals surface area (Å²) in [6.45, 7) is 8.57. The van der Waals surface area contributed by atoms with Gasteiger partial charge in [-0.1, -0.05) is 0 Å². The molecule has 1 aliphatic heterocycles. The number of aryl methyl sites for hydroxylation is 2. The molecule has 0 aliphatic carbocycles. The molecule has 1 aromatic carbocycles. The van der Waals surface area contributed by atoms with Gasteiger partial charge in [-0.3, -0.25) is 4.98 Å². The summed E-state index contributed by atoms with van der Waals surface area (Å²) < 4.78 is 2.33. The molecule has 5 nitrogen and oxygen atoms in total. The minimum Gasteiger partial charge on any atom is -0.508 e. The molecule has 0 amide bonds. The average Bonchev–Trinajstić information content (AvgIpc) is 2.90. The van der Waals surface area contributed by atoms with Gasteiger partial charge >= 0.3 is 0 Å². The molecule has 2 N–H and O–H groups in total. The number of rotatable bonds is 4. The van der Waals surface area contributed by atoms with Crippen LogP contribution in [0.2, 0.25) is 0 Å². The summed E-state index contributed by atoms with van der Waals surface area (Å²) in [5.74, 6) is 0.319. The molecule has 0 unspecified atom stereocenters. The molecule has 0 atom stereocenters. The van der Waals surface area contributed by atoms with Gasteiger partial charge in [0.1, 0.15) is 5.75 Å². The van der Waals surface area contributed by atoms with Gasteiger partial charge in [0, 0.05) is 55.8 Å². The van der Waals surface area contributed by atoms with Gasteiger partial charge in [0.25, 0.3) is 0 Å². The van der Waals surface area contributed by atoms with Gasteiger partial charge in [0.05, 0.1) is 16.7 Å². The van der Waals surface area contributed by atoms with E-state index >= 15 is 0 Å². The van der Waals surface area contributed by atoms with Crippen LogP contribution in [0.3, 0.4) is 0 Å². The van der Waals surface area contributed by atoms with Crippen molar-refractivity contribution >= 4 is 21.8 Å². The van der Waals surface area contributed by atoms with Crippen molar-refractivity contribution < 1.29 is 5.11 Å². The van der Waals surface area contributed by atoms with Gasteiger partial charge in [0.2, 0.25) is 0 Å². The molecule has 5 heteroatoms. The minimum atomic E-state index is 0.319. The molecule has 0 radical (unpaired) electrons. The summed E-state index contributed by atoms with van der Waals surface area (Å²) >= 11 is 0. The Bertz CT molecular complexity index is 865. The van der Waals surface area contributed by atoms with E-state index < -0.39 is 0 Å². The standard InChI is InChI=1S/C19H24N4O/c1-14-19-17(5-6-21-14)16-4-3-15(24)13-18(16)23(19)10-2-9-22-11-7-20-8-12-22/h3-6,13,20,24H,2,7-12H2,1H3. The highest BCUT2D eigenvalue weighted by atomic mass is 16.3. The SMILES string of the molecule is Cc1nccc2c3ccc(O)cc3n(CCCN3CCNCC3)c12. The fraction of sp³-hybridized carbons (Fsp3) is 0.421. The Balaban J connectivity index is 1.68. The molecule has 1 aliphatic rings. The predicted molar refractivity (Wildman–Crippen MR) is 97.6 cm³/mol. The number of pyridine rings is 1. The van der Waals surface area contributed by atoms with Crippen molar-refractivity contribution in [1.29, 1.82) is 0 Å². The Morgan fingerprint density at radius 1 is 1.12 bits per heavy atom. The van der Waals surface area contributed by atoms with Crippen LogP contribution in [0.25, 0.3) is 21.8 Å². The second-order valence-electron chi connectivity index (χ2n) is 6.59. The Labute approximate surface area is 141 Å². The van der Waals surface area contributed by atoms with Crippen LogP contribution >= 0.6 is 0 Å². The maximum Gasteiger partial charge on any atom is 0.117 e. The first-order chi connectivity index (χ1) is 11.7. The highest BCUT2D eigenvalue weighted by Crippen LogP contribution is 2.32. The predicted octanol–water partition coefficient (Wildman–Crippen LogP) is 2.50. The first kappa shape index (κ1) is 15.4. The van der Waals surface area contributed by atoms with Crippen molar-refractivity contribution in [1.82, 2.24) is 19.8 Å². The van der Waals surface area contributed by atoms with E-state index in [2.05, 4.69) is 32.8 Å². The zero-order valence-corrected chi connectivity index (χ0v) is 14.1. The van der Waals surface area contributed by atoms with Crippen molar-refractivity contribution in [2.75, 3.05) is 32.7 Å². The molecule has 2 aromatic heterocycles. The number of piperazine rings is 1. The summed E-state index contributed by atoms with van der Waals surface area (Å²) in [7, 11) is 0. The molecular weight excluding hydrogens is 300 g/mol. The molecule has 0 spiro atoms. The molecule has 3 heterocycles. The molecule has 1 saturated heterocycles. The highest BCUT2D eigenvalue weighted by Gasteiger charge is 2.14. The second kappa shape index (κ2) is 6.42. The molecular formula is C19H24N4O. The van der Waals surface area contributed by atoms with Gasteiger partial charge in [-0.2, -0.15) is 0 Å². The van der Waals surface area contributed by atoms with Crippen LogP contribution in [-0.4, -0.2) is 52.3 Å². The summed E-state index contributed by atoms with van der Waals surface area (Å²) in [4.78, 5) is 7.00. The van der Waals surface area contributed by atoms with Crippen molar-refractivity contribution in [2.24, 2.45) is 0 Å². The number of fused-ring (bicyclic) bond motifs is 3. The van der Waals surface area contributed by atoms with Crippen molar-refractivity contribution in [3.8, 4) is 5.75 Å². The lowest BCUT2D eigenvalue weighted by molar-refractivity contribution is 0.235. The molecule has 3 aromatic rings. The minimum absolute atomic E-state index is 0.319. The van der Waals surface area contributed by atoms with E-state index in [1.165, 1.54) is 16.3 Å². The number of phenols is 1. The lowest BCUT2D eigenvalue weighted by Crippen LogP contribution is -2.43. The quantitative estimate of drug-likeness (QED) is 0.774. The number of hydrogen-bond donors (Lipinski definition) is 2.